The van der Waals surface area contributed by atoms with Crippen molar-refractivity contribution in [3.63, 3.8) is 0 Å². The quantitative estimate of drug-likeness (QED) is 0.0505. The lowest BCUT2D eigenvalue weighted by molar-refractivity contribution is -0.139. The van der Waals surface area contributed by atoms with E-state index in [4.69, 9.17) is 26.7 Å². The molecular formula is C33H53N5O9. The van der Waals surface area contributed by atoms with Gasteiger partial charge in [-0.25, -0.2) is 43.4 Å². The number of carbonyl (C=O) groups excluding carboxylic acids is 1. The Balaban J connectivity index is 0. The van der Waals surface area contributed by atoms with Crippen molar-refractivity contribution in [2.45, 2.75) is 77.9 Å². The highest BCUT2D eigenvalue weighted by Gasteiger charge is 2.16. The van der Waals surface area contributed by atoms with E-state index in [0.29, 0.717) is 37.4 Å². The molecule has 0 aliphatic rings. The van der Waals surface area contributed by atoms with Gasteiger partial charge < -0.3 is 26.0 Å². The third-order valence-electron chi connectivity index (χ3n) is 6.65. The number of para-hydroxylation sites is 2. The fourth-order valence-corrected chi connectivity index (χ4v) is 4.11. The third-order valence-corrected chi connectivity index (χ3v) is 6.65. The summed E-state index contributed by atoms with van der Waals surface area (Å²) in [5, 5.41) is 16.1. The summed E-state index contributed by atoms with van der Waals surface area (Å²) in [6.07, 6.45) is 6.53. The van der Waals surface area contributed by atoms with E-state index in [0.717, 1.165) is 52.2 Å². The lowest BCUT2D eigenvalue weighted by Crippen LogP contribution is -2.55. The summed E-state index contributed by atoms with van der Waals surface area (Å²) < 4.78 is 8.19. The number of ether oxygens (including phenoxy) is 1. The van der Waals surface area contributed by atoms with Gasteiger partial charge in [-0.3, -0.25) is 0 Å². The fourth-order valence-electron chi connectivity index (χ4n) is 4.11. The molecule has 1 heterocycles. The van der Waals surface area contributed by atoms with Gasteiger partial charge >= 0.3 is 23.0 Å². The van der Waals surface area contributed by atoms with Crippen molar-refractivity contribution in [1.29, 1.82) is 0 Å². The lowest BCUT2D eigenvalue weighted by atomic mass is 10.2. The molecule has 0 aliphatic carbocycles. The summed E-state index contributed by atoms with van der Waals surface area (Å²) in [7, 11) is 0. The van der Waals surface area contributed by atoms with Crippen molar-refractivity contribution in [3.05, 3.63) is 104 Å². The fraction of sp³-hybridized carbons (Fsp3) is 0.455. The van der Waals surface area contributed by atoms with Crippen LogP contribution in [0.5, 0.6) is 11.5 Å². The topological polar surface area (TPSA) is 203 Å². The molecule has 47 heavy (non-hydrogen) atoms. The number of benzene rings is 2. The van der Waals surface area contributed by atoms with E-state index in [2.05, 4.69) is 16.4 Å². The van der Waals surface area contributed by atoms with E-state index in [1.54, 1.807) is 48.5 Å². The van der Waals surface area contributed by atoms with Crippen LogP contribution in [0.25, 0.3) is 0 Å². The lowest BCUT2D eigenvalue weighted by Gasteiger charge is -2.14. The van der Waals surface area contributed by atoms with E-state index in [-0.39, 0.29) is 34.7 Å². The first-order chi connectivity index (χ1) is 22.7. The number of aromatic nitrogens is 3. The molecule has 0 unspecified atom stereocenters. The number of unbranched alkanes of at least 4 members (excludes halogenated alkanes) is 6. The largest absolute Gasteiger partial charge is 0.460 e. The molecule has 0 aliphatic heterocycles. The Morgan fingerprint density at radius 2 is 1.02 bits per heavy atom. The highest BCUT2D eigenvalue weighted by atomic mass is 17.1. The summed E-state index contributed by atoms with van der Waals surface area (Å²) >= 11 is 0. The monoisotopic (exact) mass is 663 g/mol. The number of hydrogen-bond acceptors (Lipinski definition) is 11. The Morgan fingerprint density at radius 1 is 0.660 bits per heavy atom. The number of nitrogens with two attached hydrogens (primary N) is 2. The number of nitrogens with zero attached hydrogens (tertiary/aromatic N) is 3. The molecule has 0 atom stereocenters. The highest BCUT2D eigenvalue weighted by Crippen LogP contribution is 2.06. The van der Waals surface area contributed by atoms with Crippen LogP contribution in [0.15, 0.2) is 87.2 Å². The predicted molar refractivity (Wildman–Crippen MR) is 184 cm³/mol. The van der Waals surface area contributed by atoms with Gasteiger partial charge in [-0.1, -0.05) is 68.7 Å². The second-order valence-electron chi connectivity index (χ2n) is 10.4. The number of esters is 1. The number of rotatable bonds is 18. The smallest absolute Gasteiger partial charge is 0.336 e. The summed E-state index contributed by atoms with van der Waals surface area (Å²) in [5.74, 6) is 0.335. The van der Waals surface area contributed by atoms with E-state index in [9.17, 15) is 19.2 Å². The van der Waals surface area contributed by atoms with E-state index < -0.39 is 23.0 Å². The summed E-state index contributed by atoms with van der Waals surface area (Å²) in [6, 6.07) is 17.5. The van der Waals surface area contributed by atoms with Crippen LogP contribution in [0.2, 0.25) is 0 Å². The summed E-state index contributed by atoms with van der Waals surface area (Å²) in [4.78, 5) is 57.9. The van der Waals surface area contributed by atoms with Crippen LogP contribution >= 0.6 is 0 Å². The third kappa shape index (κ3) is 16.1. The zero-order valence-electron chi connectivity index (χ0n) is 27.1. The Bertz CT molecular complexity index is 1390. The van der Waals surface area contributed by atoms with Crippen molar-refractivity contribution >= 4 is 5.97 Å². The Hall–Kier alpha value is -4.50. The van der Waals surface area contributed by atoms with Crippen molar-refractivity contribution in [2.24, 2.45) is 11.5 Å². The number of carbonyl (C=O) groups is 1. The van der Waals surface area contributed by atoms with Crippen LogP contribution in [-0.4, -0.2) is 49.9 Å². The minimum Gasteiger partial charge on any atom is -0.460 e. The van der Waals surface area contributed by atoms with Crippen LogP contribution in [-0.2, 0) is 29.2 Å². The molecule has 3 aromatic rings. The first-order valence-corrected chi connectivity index (χ1v) is 15.6. The zero-order valence-corrected chi connectivity index (χ0v) is 27.1. The van der Waals surface area contributed by atoms with E-state index >= 15 is 0 Å². The van der Waals surface area contributed by atoms with Gasteiger partial charge in [0.15, 0.2) is 11.5 Å². The highest BCUT2D eigenvalue weighted by molar-refractivity contribution is 5.86. The molecule has 0 saturated carbocycles. The van der Waals surface area contributed by atoms with Gasteiger partial charge in [-0.05, 0) is 70.0 Å². The molecule has 264 valence electrons. The Morgan fingerprint density at radius 3 is 1.34 bits per heavy atom. The van der Waals surface area contributed by atoms with Crippen LogP contribution < -0.4 is 38.3 Å². The van der Waals surface area contributed by atoms with Gasteiger partial charge in [0, 0.05) is 21.5 Å². The second kappa shape index (κ2) is 24.7. The Kier molecular flexibility index (Phi) is 21.3. The van der Waals surface area contributed by atoms with Gasteiger partial charge in [0.1, 0.15) is 6.61 Å². The van der Waals surface area contributed by atoms with Crippen molar-refractivity contribution in [3.8, 4) is 11.5 Å². The molecule has 14 heteroatoms. The molecule has 0 amide bonds. The zero-order chi connectivity index (χ0) is 34.9. The van der Waals surface area contributed by atoms with Crippen LogP contribution in [0.4, 0.5) is 0 Å². The molecule has 3 rings (SSSR count). The normalized spacial score (nSPS) is 10.1. The van der Waals surface area contributed by atoms with E-state index in [1.807, 2.05) is 12.1 Å². The van der Waals surface area contributed by atoms with Gasteiger partial charge in [0.2, 0.25) is 0 Å². The SMILES string of the molecule is C=C(C)C(=O)OCCn1c(=O)n(CCCCCCN)c(=O)n(CCCCCCN)c1=O.OOc1ccccc1.OOc1ccccc1.[HH].[HH]. The molecule has 14 nitrogen and oxygen atoms in total. The predicted octanol–water partition coefficient (Wildman–Crippen LogP) is 3.90. The molecular weight excluding hydrogens is 610 g/mol. The molecule has 6 N–H and O–H groups in total. The first-order valence-electron chi connectivity index (χ1n) is 15.6. The standard InChI is InChI=1S/C21H37N5O5.2C6H6O2.2H2/c1-17(2)18(27)31-16-15-26-20(29)24(13-9-5-3-7-11-22)19(28)25(21(26)30)14-10-6-4-8-12-23;2*7-8-6-4-2-1-3-5-6;;/h1,3-16,22-23H2,2H3;2*1-5,7H;2*1H. The van der Waals surface area contributed by atoms with Crippen molar-refractivity contribution in [2.75, 3.05) is 19.7 Å². The van der Waals surface area contributed by atoms with Gasteiger partial charge in [-0.2, -0.15) is 0 Å². The minimum absolute atomic E-state index is 0. The average molecular weight is 664 g/mol. The maximum Gasteiger partial charge on any atom is 0.336 e. The van der Waals surface area contributed by atoms with Gasteiger partial charge in [0.25, 0.3) is 0 Å². The molecule has 0 spiro atoms. The summed E-state index contributed by atoms with van der Waals surface area (Å²) in [6.45, 7) is 6.37. The second-order valence-corrected chi connectivity index (χ2v) is 10.4. The van der Waals surface area contributed by atoms with Crippen molar-refractivity contribution in [1.82, 2.24) is 13.7 Å². The summed E-state index contributed by atoms with van der Waals surface area (Å²) in [5.41, 5.74) is 9.26. The minimum atomic E-state index is -0.681. The first kappa shape index (κ1) is 40.5. The number of hydrogen-bond donors (Lipinski definition) is 4. The maximum atomic E-state index is 12.8. The van der Waals surface area contributed by atoms with Gasteiger partial charge in [-0.15, -0.1) is 0 Å². The van der Waals surface area contributed by atoms with Crippen LogP contribution in [0.3, 0.4) is 0 Å². The van der Waals surface area contributed by atoms with E-state index in [1.165, 1.54) is 6.92 Å². The molecule has 0 saturated heterocycles. The average Bonchev–Trinajstić information content (AvgIpc) is 3.09. The molecule has 0 bridgehead atoms. The van der Waals surface area contributed by atoms with Crippen LogP contribution in [0, 0.1) is 0 Å². The van der Waals surface area contributed by atoms with Gasteiger partial charge in [0.05, 0.1) is 6.54 Å². The molecule has 1 aromatic heterocycles. The van der Waals surface area contributed by atoms with Crippen LogP contribution in [0.1, 0.15) is 61.1 Å². The van der Waals surface area contributed by atoms with Crippen molar-refractivity contribution < 1.29 is 32.7 Å². The molecule has 2 aromatic carbocycles. The maximum absolute atomic E-state index is 12.8. The molecule has 0 fully saturated rings. The molecule has 0 radical (unpaired) electrons. The Labute approximate surface area is 277 Å².